The normalized spacial score (nSPS) is 13.4. The van der Waals surface area contributed by atoms with Crippen molar-refractivity contribution in [2.24, 2.45) is 0 Å². The third-order valence-corrected chi connectivity index (χ3v) is 7.95. The molecule has 0 bridgehead atoms. The minimum atomic E-state index is -0.442. The number of hydrogen-bond donors (Lipinski definition) is 0. The molecule has 0 N–H and O–H groups in total. The summed E-state index contributed by atoms with van der Waals surface area (Å²) in [5.74, 6) is 0.755. The second-order valence-corrected chi connectivity index (χ2v) is 10.4. The molecule has 212 valence electrons. The number of anilines is 1. The molecule has 3 aromatic carbocycles. The summed E-state index contributed by atoms with van der Waals surface area (Å²) in [6, 6.07) is 20.4. The number of amides is 1. The molecule has 2 heterocycles. The Balaban J connectivity index is 1.29. The van der Waals surface area contributed by atoms with Gasteiger partial charge in [0, 0.05) is 62.3 Å². The number of nitro groups is 1. The lowest BCUT2D eigenvalue weighted by Gasteiger charge is -2.36. The summed E-state index contributed by atoms with van der Waals surface area (Å²) < 4.78 is 21.4. The Morgan fingerprint density at radius 3 is 2.41 bits per heavy atom. The van der Waals surface area contributed by atoms with Crippen LogP contribution in [0.1, 0.15) is 15.9 Å². The van der Waals surface area contributed by atoms with Crippen molar-refractivity contribution in [3.63, 3.8) is 0 Å². The van der Waals surface area contributed by atoms with Gasteiger partial charge in [-0.25, -0.2) is 4.39 Å². The van der Waals surface area contributed by atoms with Gasteiger partial charge in [-0.15, -0.1) is 10.2 Å². The number of rotatable bonds is 10. The zero-order valence-electron chi connectivity index (χ0n) is 22.5. The van der Waals surface area contributed by atoms with Crippen molar-refractivity contribution in [2.75, 3.05) is 44.8 Å². The molecule has 1 amide bonds. The molecule has 4 aromatic rings. The molecule has 1 fully saturated rings. The predicted molar refractivity (Wildman–Crippen MR) is 155 cm³/mol. The Hall–Kier alpha value is -4.29. The van der Waals surface area contributed by atoms with Crippen LogP contribution in [0.25, 0.3) is 11.4 Å². The highest BCUT2D eigenvalue weighted by Crippen LogP contribution is 2.29. The van der Waals surface area contributed by atoms with E-state index in [0.717, 1.165) is 5.56 Å². The summed E-state index contributed by atoms with van der Waals surface area (Å²) >= 11 is 1.46. The van der Waals surface area contributed by atoms with Crippen LogP contribution in [-0.4, -0.2) is 70.4 Å². The molecule has 10 nitrogen and oxygen atoms in total. The number of carbonyl (C=O) groups is 1. The first-order chi connectivity index (χ1) is 20.0. The molecule has 1 aliphatic heterocycles. The molecule has 0 atom stereocenters. The Bertz CT molecular complexity index is 1520. The molecule has 1 aliphatic rings. The number of nitro benzene ring substituents is 1. The molecule has 12 heteroatoms. The average Bonchev–Trinajstić information content (AvgIpc) is 3.41. The van der Waals surface area contributed by atoms with Gasteiger partial charge in [-0.1, -0.05) is 42.1 Å². The van der Waals surface area contributed by atoms with Crippen LogP contribution in [0.15, 0.2) is 78.0 Å². The second-order valence-electron chi connectivity index (χ2n) is 9.43. The molecule has 0 unspecified atom stereocenters. The first-order valence-electron chi connectivity index (χ1n) is 13.1. The summed E-state index contributed by atoms with van der Waals surface area (Å²) in [5.41, 5.74) is 2.76. The van der Waals surface area contributed by atoms with E-state index in [9.17, 15) is 19.3 Å². The fourth-order valence-corrected chi connectivity index (χ4v) is 5.72. The summed E-state index contributed by atoms with van der Waals surface area (Å²) in [6.45, 7) is 3.02. The fraction of sp³-hybridized carbons (Fsp3) is 0.276. The standard InChI is InChI=1S/C29H29FN6O4S/c1-40-19-18-35-27(21-10-12-23(13-11-21)36(38)39)31-32-29(35)41-20-22-6-2-3-7-24(22)28(37)34-16-14-33(15-17-34)26-9-5-4-8-25(26)30/h2-13H,14-20H2,1H3. The molecular formula is C29H29FN6O4S. The van der Waals surface area contributed by atoms with Crippen LogP contribution in [0.3, 0.4) is 0 Å². The van der Waals surface area contributed by atoms with Crippen molar-refractivity contribution in [1.82, 2.24) is 19.7 Å². The van der Waals surface area contributed by atoms with Crippen LogP contribution < -0.4 is 4.90 Å². The van der Waals surface area contributed by atoms with Crippen molar-refractivity contribution in [1.29, 1.82) is 0 Å². The average molecular weight is 577 g/mol. The molecule has 1 saturated heterocycles. The third-order valence-electron chi connectivity index (χ3n) is 6.94. The fourth-order valence-electron chi connectivity index (χ4n) is 4.75. The van der Waals surface area contributed by atoms with Gasteiger partial charge in [0.2, 0.25) is 0 Å². The molecule has 5 rings (SSSR count). The van der Waals surface area contributed by atoms with Crippen LogP contribution in [-0.2, 0) is 17.0 Å². The molecule has 0 spiro atoms. The zero-order valence-corrected chi connectivity index (χ0v) is 23.3. The SMILES string of the molecule is COCCn1c(SCc2ccccc2C(=O)N2CCN(c3ccccc3F)CC2)nnc1-c1ccc([N+](=O)[O-])cc1. The van der Waals surface area contributed by atoms with Crippen LogP contribution in [0, 0.1) is 15.9 Å². The maximum absolute atomic E-state index is 14.2. The van der Waals surface area contributed by atoms with Crippen molar-refractivity contribution >= 4 is 29.0 Å². The molecule has 0 aliphatic carbocycles. The number of ether oxygens (including phenoxy) is 1. The van der Waals surface area contributed by atoms with Crippen molar-refractivity contribution in [3.05, 3.63) is 99.9 Å². The maximum Gasteiger partial charge on any atom is 0.269 e. The number of aromatic nitrogens is 3. The van der Waals surface area contributed by atoms with E-state index in [1.165, 1.54) is 30.0 Å². The van der Waals surface area contributed by atoms with Gasteiger partial charge in [-0.3, -0.25) is 19.5 Å². The Labute approximate surface area is 240 Å². The number of para-hydroxylation sites is 1. The van der Waals surface area contributed by atoms with E-state index in [1.54, 1.807) is 31.4 Å². The van der Waals surface area contributed by atoms with Crippen LogP contribution in [0.5, 0.6) is 0 Å². The molecule has 41 heavy (non-hydrogen) atoms. The summed E-state index contributed by atoms with van der Waals surface area (Å²) in [6.07, 6.45) is 0. The van der Waals surface area contributed by atoms with E-state index in [2.05, 4.69) is 10.2 Å². The minimum Gasteiger partial charge on any atom is -0.383 e. The van der Waals surface area contributed by atoms with Gasteiger partial charge >= 0.3 is 0 Å². The quantitative estimate of drug-likeness (QED) is 0.149. The highest BCUT2D eigenvalue weighted by atomic mass is 32.2. The number of piperazine rings is 1. The number of non-ortho nitro benzene ring substituents is 1. The van der Waals surface area contributed by atoms with Gasteiger partial charge in [0.05, 0.1) is 23.8 Å². The van der Waals surface area contributed by atoms with E-state index in [1.807, 2.05) is 44.7 Å². The lowest BCUT2D eigenvalue weighted by Crippen LogP contribution is -2.49. The molecule has 0 saturated carbocycles. The zero-order chi connectivity index (χ0) is 28.8. The number of thioether (sulfide) groups is 1. The van der Waals surface area contributed by atoms with Gasteiger partial charge < -0.3 is 14.5 Å². The van der Waals surface area contributed by atoms with Crippen molar-refractivity contribution in [2.45, 2.75) is 17.5 Å². The van der Waals surface area contributed by atoms with Gasteiger partial charge in [0.15, 0.2) is 11.0 Å². The number of hydrogen-bond acceptors (Lipinski definition) is 8. The minimum absolute atomic E-state index is 0.00113. The summed E-state index contributed by atoms with van der Waals surface area (Å²) in [4.78, 5) is 27.9. The molecular weight excluding hydrogens is 547 g/mol. The van der Waals surface area contributed by atoms with E-state index >= 15 is 0 Å². The second kappa shape index (κ2) is 12.9. The number of halogens is 1. The van der Waals surface area contributed by atoms with Gasteiger partial charge in [0.25, 0.3) is 11.6 Å². The Morgan fingerprint density at radius 1 is 1.00 bits per heavy atom. The lowest BCUT2D eigenvalue weighted by atomic mass is 10.1. The Kier molecular flexibility index (Phi) is 8.90. The van der Waals surface area contributed by atoms with Crippen LogP contribution in [0.2, 0.25) is 0 Å². The number of benzene rings is 3. The van der Waals surface area contributed by atoms with E-state index in [-0.39, 0.29) is 17.4 Å². The lowest BCUT2D eigenvalue weighted by molar-refractivity contribution is -0.384. The monoisotopic (exact) mass is 576 g/mol. The predicted octanol–water partition coefficient (Wildman–Crippen LogP) is 4.89. The van der Waals surface area contributed by atoms with Crippen LogP contribution in [0.4, 0.5) is 15.8 Å². The van der Waals surface area contributed by atoms with E-state index < -0.39 is 4.92 Å². The topological polar surface area (TPSA) is 107 Å². The van der Waals surface area contributed by atoms with Crippen LogP contribution >= 0.6 is 11.8 Å². The first-order valence-corrected chi connectivity index (χ1v) is 14.1. The number of carbonyl (C=O) groups excluding carboxylic acids is 1. The largest absolute Gasteiger partial charge is 0.383 e. The van der Waals surface area contributed by atoms with E-state index in [4.69, 9.17) is 4.74 Å². The maximum atomic E-state index is 14.2. The number of nitrogens with zero attached hydrogens (tertiary/aromatic N) is 6. The van der Waals surface area contributed by atoms with E-state index in [0.29, 0.717) is 72.9 Å². The van der Waals surface area contributed by atoms with Crippen molar-refractivity contribution < 1.29 is 18.8 Å². The Morgan fingerprint density at radius 2 is 1.71 bits per heavy atom. The molecule has 0 radical (unpaired) electrons. The highest BCUT2D eigenvalue weighted by Gasteiger charge is 2.25. The smallest absolute Gasteiger partial charge is 0.269 e. The summed E-state index contributed by atoms with van der Waals surface area (Å²) in [5, 5.41) is 20.4. The third kappa shape index (κ3) is 6.39. The molecule has 1 aromatic heterocycles. The van der Waals surface area contributed by atoms with Gasteiger partial charge in [-0.2, -0.15) is 0 Å². The highest BCUT2D eigenvalue weighted by molar-refractivity contribution is 7.98. The first kappa shape index (κ1) is 28.2. The van der Waals surface area contributed by atoms with Gasteiger partial charge in [0.1, 0.15) is 5.82 Å². The number of methoxy groups -OCH3 is 1. The van der Waals surface area contributed by atoms with Gasteiger partial charge in [-0.05, 0) is 35.9 Å². The summed E-state index contributed by atoms with van der Waals surface area (Å²) in [7, 11) is 1.61. The van der Waals surface area contributed by atoms with Crippen molar-refractivity contribution in [3.8, 4) is 11.4 Å².